The lowest BCUT2D eigenvalue weighted by molar-refractivity contribution is -0.121. The maximum atomic E-state index is 12.4. The summed E-state index contributed by atoms with van der Waals surface area (Å²) in [7, 11) is 3.14. The molecule has 0 atom stereocenters. The first-order chi connectivity index (χ1) is 13.0. The molecule has 1 N–H and O–H groups in total. The highest BCUT2D eigenvalue weighted by atomic mass is 16.5. The first-order valence-corrected chi connectivity index (χ1v) is 8.60. The number of ether oxygens (including phenoxy) is 1. The molecule has 0 saturated carbocycles. The van der Waals surface area contributed by atoms with Crippen molar-refractivity contribution in [2.45, 2.75) is 19.5 Å². The van der Waals surface area contributed by atoms with Crippen LogP contribution in [0, 0.1) is 0 Å². The van der Waals surface area contributed by atoms with Crippen LogP contribution in [0.5, 0.6) is 5.75 Å². The van der Waals surface area contributed by atoms with Crippen LogP contribution in [0.3, 0.4) is 0 Å². The lowest BCUT2D eigenvalue weighted by atomic mass is 10.2. The molecule has 27 heavy (non-hydrogen) atoms. The van der Waals surface area contributed by atoms with Crippen LogP contribution in [-0.2, 0) is 24.9 Å². The summed E-state index contributed by atoms with van der Waals surface area (Å²) in [5.41, 5.74) is 0.903. The third-order valence-corrected chi connectivity index (χ3v) is 4.50. The van der Waals surface area contributed by atoms with Gasteiger partial charge in [0.15, 0.2) is 0 Å². The fourth-order valence-corrected chi connectivity index (χ4v) is 3.02. The Labute approximate surface area is 155 Å². The van der Waals surface area contributed by atoms with Crippen molar-refractivity contribution < 1.29 is 9.53 Å². The van der Waals surface area contributed by atoms with E-state index in [4.69, 9.17) is 4.74 Å². The number of aryl methyl sites for hydroxylation is 2. The molecule has 0 spiro atoms. The van der Waals surface area contributed by atoms with Crippen molar-refractivity contribution >= 4 is 16.9 Å². The second kappa shape index (κ2) is 7.90. The van der Waals surface area contributed by atoms with Gasteiger partial charge in [0.25, 0.3) is 0 Å². The van der Waals surface area contributed by atoms with Gasteiger partial charge in [-0.3, -0.25) is 14.4 Å². The van der Waals surface area contributed by atoms with Gasteiger partial charge in [0.1, 0.15) is 5.75 Å². The fraction of sp³-hybridized carbons (Fsp3) is 0.250. The van der Waals surface area contributed by atoms with Gasteiger partial charge in [-0.2, -0.15) is 0 Å². The molecule has 7 nitrogen and oxygen atoms in total. The Morgan fingerprint density at radius 1 is 1.00 bits per heavy atom. The molecule has 140 valence electrons. The van der Waals surface area contributed by atoms with E-state index in [2.05, 4.69) is 5.32 Å². The van der Waals surface area contributed by atoms with Gasteiger partial charge < -0.3 is 19.2 Å². The number of carbonyl (C=O) groups is 1. The van der Waals surface area contributed by atoms with E-state index >= 15 is 0 Å². The largest absolute Gasteiger partial charge is 0.496 e. The molecule has 0 aliphatic rings. The Morgan fingerprint density at radius 3 is 2.41 bits per heavy atom. The van der Waals surface area contributed by atoms with Gasteiger partial charge in [-0.25, -0.2) is 0 Å². The number of carbonyl (C=O) groups excluding carboxylic acids is 1. The van der Waals surface area contributed by atoms with Gasteiger partial charge in [-0.1, -0.05) is 30.3 Å². The van der Waals surface area contributed by atoms with Crippen molar-refractivity contribution in [3.8, 4) is 5.75 Å². The Bertz CT molecular complexity index is 1100. The molecule has 0 aliphatic carbocycles. The molecular weight excluding hydrogens is 346 g/mol. The molecule has 3 rings (SSSR count). The maximum Gasteiger partial charge on any atom is 0.316 e. The summed E-state index contributed by atoms with van der Waals surface area (Å²) < 4.78 is 7.95. The zero-order chi connectivity index (χ0) is 19.4. The van der Waals surface area contributed by atoms with E-state index in [0.717, 1.165) is 5.56 Å². The molecule has 0 aliphatic heterocycles. The first-order valence-electron chi connectivity index (χ1n) is 8.60. The van der Waals surface area contributed by atoms with Crippen molar-refractivity contribution in [3.05, 3.63) is 74.8 Å². The molecule has 1 heterocycles. The Kier molecular flexibility index (Phi) is 5.40. The smallest absolute Gasteiger partial charge is 0.316 e. The number of nitrogens with one attached hydrogen (secondary N) is 1. The van der Waals surface area contributed by atoms with Crippen molar-refractivity contribution in [2.75, 3.05) is 7.11 Å². The highest BCUT2D eigenvalue weighted by Crippen LogP contribution is 2.16. The zero-order valence-corrected chi connectivity index (χ0v) is 15.3. The van der Waals surface area contributed by atoms with Crippen molar-refractivity contribution in [2.24, 2.45) is 7.05 Å². The van der Waals surface area contributed by atoms with E-state index in [1.54, 1.807) is 38.4 Å². The van der Waals surface area contributed by atoms with Crippen LogP contribution in [0.4, 0.5) is 0 Å². The number of nitrogens with zero attached hydrogens (tertiary/aromatic N) is 2. The minimum absolute atomic E-state index is 0.0895. The van der Waals surface area contributed by atoms with Gasteiger partial charge in [0.2, 0.25) is 5.91 Å². The number of benzene rings is 2. The number of amides is 1. The summed E-state index contributed by atoms with van der Waals surface area (Å²) in [6, 6.07) is 14.6. The molecule has 0 unspecified atom stereocenters. The number of rotatable bonds is 6. The average Bonchev–Trinajstić information content (AvgIpc) is 2.70. The normalized spacial score (nSPS) is 10.7. The second-order valence-electron chi connectivity index (χ2n) is 6.15. The third kappa shape index (κ3) is 3.76. The Balaban J connectivity index is 1.74. The van der Waals surface area contributed by atoms with Gasteiger partial charge in [-0.05, 0) is 18.2 Å². The van der Waals surface area contributed by atoms with Crippen LogP contribution >= 0.6 is 0 Å². The summed E-state index contributed by atoms with van der Waals surface area (Å²) in [5, 5.41) is 2.82. The van der Waals surface area contributed by atoms with Crippen molar-refractivity contribution in [1.29, 1.82) is 0 Å². The number of aromatic nitrogens is 2. The van der Waals surface area contributed by atoms with Crippen LogP contribution in [0.15, 0.2) is 58.1 Å². The van der Waals surface area contributed by atoms with E-state index < -0.39 is 11.1 Å². The predicted molar refractivity (Wildman–Crippen MR) is 103 cm³/mol. The number of methoxy groups -OCH3 is 1. The fourth-order valence-electron chi connectivity index (χ4n) is 3.02. The number of para-hydroxylation sites is 3. The van der Waals surface area contributed by atoms with Gasteiger partial charge in [0.05, 0.1) is 18.1 Å². The predicted octanol–water partition coefficient (Wildman–Crippen LogP) is 1.42. The van der Waals surface area contributed by atoms with E-state index in [9.17, 15) is 14.4 Å². The van der Waals surface area contributed by atoms with Crippen molar-refractivity contribution in [3.63, 3.8) is 0 Å². The second-order valence-corrected chi connectivity index (χ2v) is 6.15. The highest BCUT2D eigenvalue weighted by molar-refractivity contribution is 5.77. The van der Waals surface area contributed by atoms with Crippen LogP contribution < -0.4 is 21.2 Å². The lowest BCUT2D eigenvalue weighted by Gasteiger charge is -2.13. The molecule has 0 saturated heterocycles. The minimum atomic E-state index is -0.631. The molecule has 1 aromatic heterocycles. The Morgan fingerprint density at radius 2 is 1.67 bits per heavy atom. The van der Waals surface area contributed by atoms with Gasteiger partial charge in [-0.15, -0.1) is 0 Å². The summed E-state index contributed by atoms with van der Waals surface area (Å²) in [4.78, 5) is 36.7. The first kappa shape index (κ1) is 18.4. The van der Waals surface area contributed by atoms with E-state index in [1.165, 1.54) is 9.13 Å². The van der Waals surface area contributed by atoms with Gasteiger partial charge in [0, 0.05) is 32.1 Å². The van der Waals surface area contributed by atoms with Crippen molar-refractivity contribution in [1.82, 2.24) is 14.5 Å². The molecule has 0 fully saturated rings. The molecule has 3 aromatic rings. The molecule has 2 aromatic carbocycles. The average molecular weight is 367 g/mol. The van der Waals surface area contributed by atoms with Crippen LogP contribution in [-0.4, -0.2) is 22.2 Å². The molecule has 0 bridgehead atoms. The molecule has 1 amide bonds. The molecule has 7 heteroatoms. The monoisotopic (exact) mass is 367 g/mol. The van der Waals surface area contributed by atoms with Gasteiger partial charge >= 0.3 is 11.1 Å². The van der Waals surface area contributed by atoms with E-state index in [0.29, 0.717) is 23.3 Å². The SMILES string of the molecule is COc1ccccc1CNC(=O)CCn1c(=O)c(=O)n(C)c2ccccc21. The van der Waals surface area contributed by atoms with E-state index in [1.807, 2.05) is 24.3 Å². The zero-order valence-electron chi connectivity index (χ0n) is 15.3. The summed E-state index contributed by atoms with van der Waals surface area (Å²) in [5.74, 6) is 0.490. The Hall–Kier alpha value is -3.35. The van der Waals surface area contributed by atoms with Crippen LogP contribution in [0.25, 0.3) is 11.0 Å². The lowest BCUT2D eigenvalue weighted by Crippen LogP contribution is -2.41. The highest BCUT2D eigenvalue weighted by Gasteiger charge is 2.12. The summed E-state index contributed by atoms with van der Waals surface area (Å²) >= 11 is 0. The maximum absolute atomic E-state index is 12.4. The number of fused-ring (bicyclic) bond motifs is 1. The topological polar surface area (TPSA) is 82.3 Å². The van der Waals surface area contributed by atoms with Crippen LogP contribution in [0.1, 0.15) is 12.0 Å². The number of hydrogen-bond acceptors (Lipinski definition) is 4. The van der Waals surface area contributed by atoms with Crippen LogP contribution in [0.2, 0.25) is 0 Å². The quantitative estimate of drug-likeness (QED) is 0.668. The third-order valence-electron chi connectivity index (χ3n) is 4.50. The summed E-state index contributed by atoms with van der Waals surface area (Å²) in [6.07, 6.45) is 0.0895. The van der Waals surface area contributed by atoms with E-state index in [-0.39, 0.29) is 18.9 Å². The standard InChI is InChI=1S/C20H21N3O4/c1-22-15-8-4-5-9-16(15)23(20(26)19(22)25)12-11-18(24)21-13-14-7-3-6-10-17(14)27-2/h3-10H,11-13H2,1-2H3,(H,21,24). The molecular formula is C20H21N3O4. The summed E-state index contributed by atoms with van der Waals surface area (Å²) in [6.45, 7) is 0.461. The molecule has 0 radical (unpaired) electrons. The minimum Gasteiger partial charge on any atom is -0.496 e. The number of hydrogen-bond donors (Lipinski definition) is 1.